The van der Waals surface area contributed by atoms with Crippen LogP contribution >= 0.6 is 0 Å². The van der Waals surface area contributed by atoms with Gasteiger partial charge in [-0.1, -0.05) is 539 Å². The fraction of sp³-hybridized carbons (Fsp3) is 0.894. The third-order valence-corrected chi connectivity index (χ3v) is 22.3. The van der Waals surface area contributed by atoms with Gasteiger partial charge in [0.25, 0.3) is 0 Å². The highest BCUT2D eigenvalue weighted by atomic mass is 15.0. The average molecular weight is 1340 g/mol. The molecule has 1 rings (SSSR count). The molecular formula is C94H180BN. The molecule has 1 heterocycles. The average Bonchev–Trinajstić information content (AvgIpc) is 1.14. The van der Waals surface area contributed by atoms with Gasteiger partial charge in [0.15, 0.2) is 0 Å². The quantitative estimate of drug-likeness (QED) is 0.0433. The fourth-order valence-electron chi connectivity index (χ4n) is 15.5. The Kier molecular flexibility index (Phi) is 81.2. The van der Waals surface area contributed by atoms with Crippen molar-refractivity contribution in [2.75, 3.05) is 0 Å². The predicted octanol–water partition coefficient (Wildman–Crippen LogP) is 35.1. The zero-order chi connectivity index (χ0) is 68.4. The molecule has 0 aromatic carbocycles. The predicted molar refractivity (Wildman–Crippen MR) is 443 cm³/mol. The highest BCUT2D eigenvalue weighted by Gasteiger charge is 2.19. The monoisotopic (exact) mass is 1330 g/mol. The van der Waals surface area contributed by atoms with E-state index in [1.165, 1.54) is 526 Å². The van der Waals surface area contributed by atoms with Crippen molar-refractivity contribution >= 4 is 6.85 Å². The Morgan fingerprint density at radius 2 is 0.396 bits per heavy atom. The fourth-order valence-corrected chi connectivity index (χ4v) is 15.5. The Morgan fingerprint density at radius 1 is 0.219 bits per heavy atom. The van der Waals surface area contributed by atoms with Crippen molar-refractivity contribution in [3.63, 3.8) is 0 Å². The second kappa shape index (κ2) is 84.2. The molecule has 0 spiro atoms. The maximum Gasteiger partial charge on any atom is 0.312 e. The summed E-state index contributed by atoms with van der Waals surface area (Å²) in [6.07, 6.45) is 134. The molecule has 0 fully saturated rings. The van der Waals surface area contributed by atoms with E-state index < -0.39 is 0 Å². The summed E-state index contributed by atoms with van der Waals surface area (Å²) >= 11 is 0. The number of allylic oxidation sites excluding steroid dienone is 6. The van der Waals surface area contributed by atoms with E-state index >= 15 is 0 Å². The van der Waals surface area contributed by atoms with Crippen molar-refractivity contribution in [1.82, 2.24) is 4.81 Å². The SMILES string of the molecule is CCCCCCCCCCCCCCCCCCCCCCCCCCCC/C=C/B1C=CC=C(/C=C/CCCCCCCCCCCCCCCCCCCCCCCCCCCC)N1/C=C/CCCCCCCCCCCCCCCCCCCCCCCCCCCC. The largest absolute Gasteiger partial charge is 0.384 e. The highest BCUT2D eigenvalue weighted by molar-refractivity contribution is 6.67. The van der Waals surface area contributed by atoms with Gasteiger partial charge in [-0.25, -0.2) is 0 Å². The van der Waals surface area contributed by atoms with Gasteiger partial charge in [-0.2, -0.15) is 0 Å². The van der Waals surface area contributed by atoms with E-state index in [9.17, 15) is 0 Å². The Balaban J connectivity index is 2.24. The van der Waals surface area contributed by atoms with Gasteiger partial charge < -0.3 is 4.81 Å². The molecule has 1 aliphatic rings. The van der Waals surface area contributed by atoms with Crippen molar-refractivity contribution in [1.29, 1.82) is 0 Å². The van der Waals surface area contributed by atoms with Crippen LogP contribution in [0.25, 0.3) is 0 Å². The van der Waals surface area contributed by atoms with Crippen LogP contribution in [0.4, 0.5) is 0 Å². The molecule has 0 amide bonds. The van der Waals surface area contributed by atoms with Gasteiger partial charge >= 0.3 is 6.85 Å². The van der Waals surface area contributed by atoms with Crippen molar-refractivity contribution in [3.05, 3.63) is 60.3 Å². The Morgan fingerprint density at radius 3 is 0.604 bits per heavy atom. The molecule has 0 aromatic rings. The first-order chi connectivity index (χ1) is 47.8. The summed E-state index contributed by atoms with van der Waals surface area (Å²) in [5.74, 6) is 4.92. The van der Waals surface area contributed by atoms with Crippen molar-refractivity contribution < 1.29 is 0 Å². The third kappa shape index (κ3) is 73.8. The van der Waals surface area contributed by atoms with E-state index in [4.69, 9.17) is 0 Å². The molecule has 0 unspecified atom stereocenters. The first-order valence-electron chi connectivity index (χ1n) is 46.0. The Labute approximate surface area is 609 Å². The lowest BCUT2D eigenvalue weighted by Gasteiger charge is -2.28. The highest BCUT2D eigenvalue weighted by Crippen LogP contribution is 2.24. The minimum atomic E-state index is 0.322. The van der Waals surface area contributed by atoms with Gasteiger partial charge in [0.1, 0.15) is 0 Å². The van der Waals surface area contributed by atoms with Crippen LogP contribution in [0.1, 0.15) is 541 Å². The molecule has 0 aliphatic carbocycles. The summed E-state index contributed by atoms with van der Waals surface area (Å²) < 4.78 is 0. The van der Waals surface area contributed by atoms with Gasteiger partial charge in [0, 0.05) is 5.70 Å². The summed E-state index contributed by atoms with van der Waals surface area (Å²) in [6.45, 7) is 7.28. The van der Waals surface area contributed by atoms with E-state index in [1.54, 1.807) is 0 Å². The first kappa shape index (κ1) is 92.6. The van der Waals surface area contributed by atoms with Crippen molar-refractivity contribution in [2.24, 2.45) is 0 Å². The summed E-state index contributed by atoms with van der Waals surface area (Å²) in [5.41, 5.74) is 1.36. The number of rotatable bonds is 84. The summed E-state index contributed by atoms with van der Waals surface area (Å²) in [6, 6.07) is 0. The summed E-state index contributed by atoms with van der Waals surface area (Å²) in [7, 11) is 0. The topological polar surface area (TPSA) is 3.24 Å². The lowest BCUT2D eigenvalue weighted by atomic mass is 9.58. The van der Waals surface area contributed by atoms with Crippen LogP contribution in [-0.4, -0.2) is 11.7 Å². The van der Waals surface area contributed by atoms with E-state index in [2.05, 4.69) is 80.2 Å². The normalized spacial score (nSPS) is 12.8. The summed E-state index contributed by atoms with van der Waals surface area (Å²) in [5, 5.41) is 0. The van der Waals surface area contributed by atoms with Crippen LogP contribution < -0.4 is 0 Å². The number of nitrogens with zero attached hydrogens (tertiary/aromatic N) is 1. The minimum absolute atomic E-state index is 0.322. The molecule has 0 aromatic heterocycles. The Hall–Kier alpha value is -1.44. The molecule has 2 heteroatoms. The number of unbranched alkanes of at least 4 members (excludes halogenated alkanes) is 78. The third-order valence-electron chi connectivity index (χ3n) is 22.3. The molecule has 0 bridgehead atoms. The van der Waals surface area contributed by atoms with Gasteiger partial charge in [-0.05, 0) is 56.9 Å². The maximum absolute atomic E-state index is 2.57. The van der Waals surface area contributed by atoms with Gasteiger partial charge in [0.05, 0.1) is 0 Å². The van der Waals surface area contributed by atoms with Crippen LogP contribution in [0.2, 0.25) is 0 Å². The molecule has 0 saturated heterocycles. The van der Waals surface area contributed by atoms with Crippen LogP contribution in [0.5, 0.6) is 0 Å². The molecule has 0 N–H and O–H groups in total. The van der Waals surface area contributed by atoms with Gasteiger partial charge in [0.2, 0.25) is 0 Å². The molecule has 0 atom stereocenters. The number of hydrogen-bond acceptors (Lipinski definition) is 1. The molecule has 564 valence electrons. The van der Waals surface area contributed by atoms with Crippen LogP contribution in [0.3, 0.4) is 0 Å². The van der Waals surface area contributed by atoms with Crippen molar-refractivity contribution in [3.8, 4) is 0 Å². The van der Waals surface area contributed by atoms with E-state index in [1.807, 2.05) is 0 Å². The zero-order valence-corrected chi connectivity index (χ0v) is 67.0. The van der Waals surface area contributed by atoms with E-state index in [0.717, 1.165) is 0 Å². The van der Waals surface area contributed by atoms with Crippen molar-refractivity contribution in [2.45, 2.75) is 541 Å². The standard InChI is InChI=1S/C94H180BN/c1-4-7-10-13-16-19-22-25-28-31-34-37-40-43-46-49-52-55-58-61-64-67-70-73-76-79-82-85-89-94-90-88-92-95(91-86-83-80-77-74-71-68-65-62-59-56-53-50-47-44-41-38-35-32-29-26-23-20-17-14-11-8-5-2)96(94)93-87-84-81-78-75-72-69-66-63-60-57-54-51-48-45-42-39-36-33-30-27-24-21-18-15-12-9-6-3/h85-93H,4-84H2,1-3H3/b89-85+,91-86+,93-87+. The Bertz CT molecular complexity index is 1570. The molecule has 0 saturated carbocycles. The second-order valence-electron chi connectivity index (χ2n) is 32.0. The molecule has 96 heavy (non-hydrogen) atoms. The molecule has 1 nitrogen and oxygen atoms in total. The lowest BCUT2D eigenvalue weighted by Crippen LogP contribution is -2.33. The van der Waals surface area contributed by atoms with Crippen LogP contribution in [-0.2, 0) is 0 Å². The molecular weight excluding hydrogens is 1150 g/mol. The molecule has 0 radical (unpaired) electrons. The summed E-state index contributed by atoms with van der Waals surface area (Å²) in [4.78, 5) is 2.57. The smallest absolute Gasteiger partial charge is 0.312 e. The van der Waals surface area contributed by atoms with Crippen LogP contribution in [0, 0.1) is 0 Å². The molecule has 1 aliphatic heterocycles. The maximum atomic E-state index is 2.57. The zero-order valence-electron chi connectivity index (χ0n) is 67.0. The first-order valence-corrected chi connectivity index (χ1v) is 46.0. The second-order valence-corrected chi connectivity index (χ2v) is 32.0. The van der Waals surface area contributed by atoms with Gasteiger partial charge in [-0.15, -0.1) is 0 Å². The minimum Gasteiger partial charge on any atom is -0.384 e. The van der Waals surface area contributed by atoms with Crippen LogP contribution in [0.15, 0.2) is 60.3 Å². The van der Waals surface area contributed by atoms with E-state index in [-0.39, 0.29) is 0 Å². The lowest BCUT2D eigenvalue weighted by molar-refractivity contribution is 0.515. The van der Waals surface area contributed by atoms with E-state index in [0.29, 0.717) is 6.85 Å². The number of hydrogen-bond donors (Lipinski definition) is 0. The van der Waals surface area contributed by atoms with Gasteiger partial charge in [-0.3, -0.25) is 0 Å².